The minimum atomic E-state index is -1.20. The Morgan fingerprint density at radius 2 is 1.69 bits per heavy atom. The topological polar surface area (TPSA) is 77.4 Å². The lowest BCUT2D eigenvalue weighted by molar-refractivity contribution is -0.124. The fourth-order valence-electron chi connectivity index (χ4n) is 3.91. The van der Waals surface area contributed by atoms with Gasteiger partial charge in [0.05, 0.1) is 5.69 Å². The summed E-state index contributed by atoms with van der Waals surface area (Å²) in [6, 6.07) is 20.4. The Morgan fingerprint density at radius 3 is 2.34 bits per heavy atom. The molecule has 0 radical (unpaired) electrons. The maximum atomic E-state index is 14.2. The van der Waals surface area contributed by atoms with Gasteiger partial charge in [-0.05, 0) is 41.6 Å². The number of esters is 1. The Hall–Kier alpha value is -3.78. The molecule has 1 amide bonds. The zero-order chi connectivity index (χ0) is 25.1. The lowest BCUT2D eigenvalue weighted by atomic mass is 9.97. The average molecular weight is 537 g/mol. The summed E-state index contributed by atoms with van der Waals surface area (Å²) in [6.07, 6.45) is -1.05. The number of hydrogen-bond acceptors (Lipinski definition) is 4. The van der Waals surface area contributed by atoms with Crippen molar-refractivity contribution in [3.05, 3.63) is 99.1 Å². The van der Waals surface area contributed by atoms with Crippen molar-refractivity contribution in [1.29, 1.82) is 0 Å². The Kier molecular flexibility index (Phi) is 7.12. The summed E-state index contributed by atoms with van der Waals surface area (Å²) in [4.78, 5) is 39.3. The first-order chi connectivity index (χ1) is 16.8. The number of benzene rings is 3. The van der Waals surface area contributed by atoms with Crippen LogP contribution in [-0.4, -0.2) is 22.5 Å². The molecule has 1 unspecified atom stereocenters. The second kappa shape index (κ2) is 10.2. The van der Waals surface area contributed by atoms with Gasteiger partial charge in [-0.1, -0.05) is 71.4 Å². The van der Waals surface area contributed by atoms with E-state index in [1.165, 1.54) is 23.7 Å². The van der Waals surface area contributed by atoms with Gasteiger partial charge in [-0.3, -0.25) is 9.59 Å². The number of ether oxygens (including phenoxy) is 1. The number of carbonyl (C=O) groups is 2. The highest BCUT2D eigenvalue weighted by molar-refractivity contribution is 9.10. The van der Waals surface area contributed by atoms with Gasteiger partial charge in [-0.2, -0.15) is 0 Å². The number of pyridine rings is 1. The normalized spacial score (nSPS) is 11.8. The standard InChI is InChI=1S/C27H22BrFN2O4/c1-3-22(25(32)30-21-14-13-17(28)15-20(21)29)35-27(34)24-23(16-9-5-4-6-10-16)18-11-7-8-12-19(18)26(33)31(24)2/h4-15,22H,3H2,1-2H3,(H,30,32). The monoisotopic (exact) mass is 536 g/mol. The van der Waals surface area contributed by atoms with Crippen LogP contribution in [0.25, 0.3) is 21.9 Å². The molecule has 6 nitrogen and oxygen atoms in total. The molecule has 4 rings (SSSR count). The van der Waals surface area contributed by atoms with Crippen molar-refractivity contribution in [3.63, 3.8) is 0 Å². The highest BCUT2D eigenvalue weighted by Gasteiger charge is 2.28. The number of amides is 1. The lowest BCUT2D eigenvalue weighted by Crippen LogP contribution is -2.34. The van der Waals surface area contributed by atoms with Crippen LogP contribution in [0, 0.1) is 5.82 Å². The van der Waals surface area contributed by atoms with Gasteiger partial charge < -0.3 is 14.6 Å². The fourth-order valence-corrected chi connectivity index (χ4v) is 4.25. The van der Waals surface area contributed by atoms with Gasteiger partial charge in [-0.15, -0.1) is 0 Å². The van der Waals surface area contributed by atoms with Crippen LogP contribution in [0.3, 0.4) is 0 Å². The molecule has 0 aliphatic rings. The number of aromatic nitrogens is 1. The van der Waals surface area contributed by atoms with Crippen LogP contribution >= 0.6 is 15.9 Å². The van der Waals surface area contributed by atoms with Crippen molar-refractivity contribution in [2.45, 2.75) is 19.4 Å². The van der Waals surface area contributed by atoms with Crippen molar-refractivity contribution in [3.8, 4) is 11.1 Å². The quantitative estimate of drug-likeness (QED) is 0.321. The Bertz CT molecular complexity index is 1480. The number of hydrogen-bond donors (Lipinski definition) is 1. The molecule has 8 heteroatoms. The molecule has 0 bridgehead atoms. The summed E-state index contributed by atoms with van der Waals surface area (Å²) in [5, 5.41) is 3.53. The maximum Gasteiger partial charge on any atom is 0.356 e. The highest BCUT2D eigenvalue weighted by Crippen LogP contribution is 2.31. The van der Waals surface area contributed by atoms with Crippen LogP contribution in [-0.2, 0) is 16.6 Å². The Morgan fingerprint density at radius 1 is 1.03 bits per heavy atom. The van der Waals surface area contributed by atoms with Crippen molar-refractivity contribution >= 4 is 44.3 Å². The van der Waals surface area contributed by atoms with E-state index < -0.39 is 23.8 Å². The summed E-state index contributed by atoms with van der Waals surface area (Å²) >= 11 is 3.17. The summed E-state index contributed by atoms with van der Waals surface area (Å²) in [6.45, 7) is 1.67. The van der Waals surface area contributed by atoms with Gasteiger partial charge in [-0.25, -0.2) is 9.18 Å². The van der Waals surface area contributed by atoms with E-state index in [0.717, 1.165) is 5.56 Å². The predicted octanol–water partition coefficient (Wildman–Crippen LogP) is 5.68. The van der Waals surface area contributed by atoms with E-state index in [1.807, 2.05) is 30.3 Å². The molecule has 0 aliphatic carbocycles. The van der Waals surface area contributed by atoms with E-state index >= 15 is 0 Å². The fraction of sp³-hybridized carbons (Fsp3) is 0.148. The lowest BCUT2D eigenvalue weighted by Gasteiger charge is -2.20. The molecule has 4 aromatic rings. The minimum absolute atomic E-state index is 0.0287. The van der Waals surface area contributed by atoms with Gasteiger partial charge in [0, 0.05) is 22.5 Å². The van der Waals surface area contributed by atoms with Crippen LogP contribution in [0.15, 0.2) is 82.1 Å². The number of carbonyl (C=O) groups excluding carboxylic acids is 2. The number of halogens is 2. The number of anilines is 1. The van der Waals surface area contributed by atoms with Crippen LogP contribution in [0.4, 0.5) is 10.1 Å². The van der Waals surface area contributed by atoms with E-state index in [2.05, 4.69) is 21.2 Å². The number of fused-ring (bicyclic) bond motifs is 1. The molecule has 35 heavy (non-hydrogen) atoms. The number of nitrogens with one attached hydrogen (secondary N) is 1. The second-order valence-corrected chi connectivity index (χ2v) is 8.83. The number of rotatable bonds is 6. The van der Waals surface area contributed by atoms with Crippen molar-refractivity contribution in [1.82, 2.24) is 4.57 Å². The Labute approximate surface area is 209 Å². The van der Waals surface area contributed by atoms with E-state index in [-0.39, 0.29) is 23.4 Å². The SMILES string of the molecule is CCC(OC(=O)c1c(-c2ccccc2)c2ccccc2c(=O)n1C)C(=O)Nc1ccc(Br)cc1F. The predicted molar refractivity (Wildman–Crippen MR) is 137 cm³/mol. The molecule has 1 aromatic heterocycles. The van der Waals surface area contributed by atoms with E-state index in [4.69, 9.17) is 4.74 Å². The van der Waals surface area contributed by atoms with E-state index in [0.29, 0.717) is 20.8 Å². The Balaban J connectivity index is 1.74. The zero-order valence-electron chi connectivity index (χ0n) is 19.0. The van der Waals surface area contributed by atoms with E-state index in [1.54, 1.807) is 37.3 Å². The molecule has 0 saturated carbocycles. The van der Waals surface area contributed by atoms with Crippen LogP contribution in [0.5, 0.6) is 0 Å². The third-order valence-electron chi connectivity index (χ3n) is 5.66. The minimum Gasteiger partial charge on any atom is -0.448 e. The molecular weight excluding hydrogens is 515 g/mol. The van der Waals surface area contributed by atoms with Crippen molar-refractivity contribution in [2.75, 3.05) is 5.32 Å². The molecule has 0 spiro atoms. The molecule has 178 valence electrons. The number of nitrogens with zero attached hydrogens (tertiary/aromatic N) is 1. The molecule has 0 fully saturated rings. The summed E-state index contributed by atoms with van der Waals surface area (Å²) < 4.78 is 21.6. The first kappa shape index (κ1) is 24.3. The molecule has 1 heterocycles. The summed E-state index contributed by atoms with van der Waals surface area (Å²) in [7, 11) is 1.50. The third-order valence-corrected chi connectivity index (χ3v) is 6.15. The second-order valence-electron chi connectivity index (χ2n) is 7.92. The first-order valence-electron chi connectivity index (χ1n) is 11.0. The van der Waals surface area contributed by atoms with Gasteiger partial charge in [0.1, 0.15) is 11.5 Å². The van der Waals surface area contributed by atoms with Crippen LogP contribution in [0.2, 0.25) is 0 Å². The van der Waals surface area contributed by atoms with Gasteiger partial charge in [0.25, 0.3) is 11.5 Å². The third kappa shape index (κ3) is 4.88. The molecule has 1 N–H and O–H groups in total. The van der Waals surface area contributed by atoms with Crippen LogP contribution < -0.4 is 10.9 Å². The van der Waals surface area contributed by atoms with Crippen LogP contribution in [0.1, 0.15) is 23.8 Å². The maximum absolute atomic E-state index is 14.2. The first-order valence-corrected chi connectivity index (χ1v) is 11.7. The van der Waals surface area contributed by atoms with Crippen molar-refractivity contribution < 1.29 is 18.7 Å². The molecule has 0 saturated heterocycles. The van der Waals surface area contributed by atoms with Gasteiger partial charge in [0.15, 0.2) is 6.10 Å². The van der Waals surface area contributed by atoms with Crippen molar-refractivity contribution in [2.24, 2.45) is 7.05 Å². The molecule has 1 atom stereocenters. The molecular formula is C27H22BrFN2O4. The van der Waals surface area contributed by atoms with E-state index in [9.17, 15) is 18.8 Å². The largest absolute Gasteiger partial charge is 0.448 e. The highest BCUT2D eigenvalue weighted by atomic mass is 79.9. The average Bonchev–Trinajstić information content (AvgIpc) is 2.86. The zero-order valence-corrected chi connectivity index (χ0v) is 20.6. The molecule has 3 aromatic carbocycles. The summed E-state index contributed by atoms with van der Waals surface area (Å²) in [5.41, 5.74) is 0.890. The van der Waals surface area contributed by atoms with Gasteiger partial charge >= 0.3 is 5.97 Å². The molecule has 0 aliphatic heterocycles. The summed E-state index contributed by atoms with van der Waals surface area (Å²) in [5.74, 6) is -2.13. The van der Waals surface area contributed by atoms with Gasteiger partial charge in [0.2, 0.25) is 0 Å². The smallest absolute Gasteiger partial charge is 0.356 e.